The minimum Gasteiger partial charge on any atom is -0.337 e. The van der Waals surface area contributed by atoms with Gasteiger partial charge in [0.15, 0.2) is 0 Å². The number of rotatable bonds is 7. The van der Waals surface area contributed by atoms with Crippen LogP contribution in [0.1, 0.15) is 58.7 Å². The molecule has 0 fully saturated rings. The molecule has 0 heterocycles. The Bertz CT molecular complexity index is 429. The van der Waals surface area contributed by atoms with Crippen LogP contribution in [0.2, 0.25) is 0 Å². The minimum absolute atomic E-state index is 0.164. The number of hydrogen-bond acceptors (Lipinski definition) is 2. The Morgan fingerprint density at radius 3 is 2.00 bits per heavy atom. The van der Waals surface area contributed by atoms with Crippen LogP contribution in [-0.2, 0) is 11.2 Å². The SMILES string of the molecule is CCc1ccc(C(C)NCC(=O)N(C(C)C)C(C)C)cc1. The smallest absolute Gasteiger partial charge is 0.237 e. The lowest BCUT2D eigenvalue weighted by atomic mass is 10.0. The quantitative estimate of drug-likeness (QED) is 0.833. The second-order valence-electron chi connectivity index (χ2n) is 6.19. The highest BCUT2D eigenvalue weighted by Gasteiger charge is 2.20. The molecule has 1 unspecified atom stereocenters. The third-order valence-electron chi connectivity index (χ3n) is 3.85. The van der Waals surface area contributed by atoms with Gasteiger partial charge in [-0.15, -0.1) is 0 Å². The van der Waals surface area contributed by atoms with E-state index in [1.54, 1.807) is 0 Å². The molecule has 1 amide bonds. The molecule has 3 nitrogen and oxygen atoms in total. The Kier molecular flexibility index (Phi) is 6.90. The molecule has 0 aromatic heterocycles. The van der Waals surface area contributed by atoms with Crippen molar-refractivity contribution in [3.63, 3.8) is 0 Å². The van der Waals surface area contributed by atoms with E-state index in [-0.39, 0.29) is 24.0 Å². The highest BCUT2D eigenvalue weighted by molar-refractivity contribution is 5.78. The third-order valence-corrected chi connectivity index (χ3v) is 3.85. The summed E-state index contributed by atoms with van der Waals surface area (Å²) in [7, 11) is 0. The molecule has 1 N–H and O–H groups in total. The monoisotopic (exact) mass is 290 g/mol. The van der Waals surface area contributed by atoms with Crippen LogP contribution in [-0.4, -0.2) is 29.4 Å². The lowest BCUT2D eigenvalue weighted by molar-refractivity contribution is -0.133. The molecule has 0 saturated heterocycles. The maximum Gasteiger partial charge on any atom is 0.237 e. The summed E-state index contributed by atoms with van der Waals surface area (Å²) in [6, 6.07) is 9.25. The highest BCUT2D eigenvalue weighted by Crippen LogP contribution is 2.14. The predicted molar refractivity (Wildman–Crippen MR) is 89.4 cm³/mol. The highest BCUT2D eigenvalue weighted by atomic mass is 16.2. The third kappa shape index (κ3) is 5.16. The van der Waals surface area contributed by atoms with Crippen LogP contribution in [0.4, 0.5) is 0 Å². The minimum atomic E-state index is 0.164. The predicted octanol–water partition coefficient (Wildman–Crippen LogP) is 3.55. The fourth-order valence-electron chi connectivity index (χ4n) is 2.66. The number of carbonyl (C=O) groups is 1. The number of aryl methyl sites for hydroxylation is 1. The summed E-state index contributed by atoms with van der Waals surface area (Å²) in [6.07, 6.45) is 1.05. The number of hydrogen-bond donors (Lipinski definition) is 1. The molecular weight excluding hydrogens is 260 g/mol. The summed E-state index contributed by atoms with van der Waals surface area (Å²) >= 11 is 0. The number of carbonyl (C=O) groups excluding carboxylic acids is 1. The Hall–Kier alpha value is -1.35. The van der Waals surface area contributed by atoms with Gasteiger partial charge in [0.05, 0.1) is 6.54 Å². The van der Waals surface area contributed by atoms with Crippen molar-refractivity contribution in [2.75, 3.05) is 6.54 Å². The lowest BCUT2D eigenvalue weighted by Gasteiger charge is -2.31. The van der Waals surface area contributed by atoms with Crippen LogP contribution in [0.15, 0.2) is 24.3 Å². The van der Waals surface area contributed by atoms with Crippen molar-refractivity contribution in [3.05, 3.63) is 35.4 Å². The van der Waals surface area contributed by atoms with Crippen LogP contribution in [0.3, 0.4) is 0 Å². The van der Waals surface area contributed by atoms with Crippen LogP contribution in [0, 0.1) is 0 Å². The van der Waals surface area contributed by atoms with E-state index in [2.05, 4.69) is 71.1 Å². The van der Waals surface area contributed by atoms with Crippen molar-refractivity contribution in [1.29, 1.82) is 0 Å². The van der Waals surface area contributed by atoms with E-state index < -0.39 is 0 Å². The van der Waals surface area contributed by atoms with Crippen molar-refractivity contribution in [2.45, 2.75) is 66.1 Å². The molecule has 0 aliphatic heterocycles. The van der Waals surface area contributed by atoms with Crippen molar-refractivity contribution in [1.82, 2.24) is 10.2 Å². The molecule has 118 valence electrons. The standard InChI is InChI=1S/C18H30N2O/c1-7-16-8-10-17(11-9-16)15(6)19-12-18(21)20(13(2)3)14(4)5/h8-11,13-15,19H,7,12H2,1-6H3. The average Bonchev–Trinajstić information content (AvgIpc) is 2.44. The summed E-state index contributed by atoms with van der Waals surface area (Å²) in [5.74, 6) is 0.164. The molecule has 0 bridgehead atoms. The fourth-order valence-corrected chi connectivity index (χ4v) is 2.66. The first-order valence-electron chi connectivity index (χ1n) is 8.00. The molecule has 3 heteroatoms. The van der Waals surface area contributed by atoms with Crippen LogP contribution >= 0.6 is 0 Å². The Labute approximate surface area is 129 Å². The van der Waals surface area contributed by atoms with Gasteiger partial charge in [0.25, 0.3) is 0 Å². The van der Waals surface area contributed by atoms with Crippen LogP contribution in [0.25, 0.3) is 0 Å². The van der Waals surface area contributed by atoms with Gasteiger partial charge in [-0.3, -0.25) is 4.79 Å². The van der Waals surface area contributed by atoms with Crippen LogP contribution in [0.5, 0.6) is 0 Å². The van der Waals surface area contributed by atoms with Gasteiger partial charge < -0.3 is 10.2 Å². The summed E-state index contributed by atoms with van der Waals surface area (Å²) < 4.78 is 0. The second-order valence-corrected chi connectivity index (χ2v) is 6.19. The molecule has 1 aromatic carbocycles. The van der Waals surface area contributed by atoms with Crippen molar-refractivity contribution >= 4 is 5.91 Å². The maximum atomic E-state index is 12.3. The van der Waals surface area contributed by atoms with Crippen molar-refractivity contribution < 1.29 is 4.79 Å². The van der Waals surface area contributed by atoms with Crippen LogP contribution < -0.4 is 5.32 Å². The molecule has 0 saturated carbocycles. The molecule has 0 aliphatic rings. The summed E-state index contributed by atoms with van der Waals surface area (Å²) in [5, 5.41) is 3.34. The average molecular weight is 290 g/mol. The van der Waals surface area contributed by atoms with E-state index >= 15 is 0 Å². The number of amides is 1. The molecule has 0 radical (unpaired) electrons. The Morgan fingerprint density at radius 1 is 1.05 bits per heavy atom. The molecule has 21 heavy (non-hydrogen) atoms. The lowest BCUT2D eigenvalue weighted by Crippen LogP contribution is -2.46. The van der Waals surface area contributed by atoms with Gasteiger partial charge in [-0.05, 0) is 52.2 Å². The summed E-state index contributed by atoms with van der Waals surface area (Å²) in [4.78, 5) is 14.3. The van der Waals surface area contributed by atoms with E-state index in [4.69, 9.17) is 0 Å². The summed E-state index contributed by atoms with van der Waals surface area (Å²) in [6.45, 7) is 12.9. The maximum absolute atomic E-state index is 12.3. The molecule has 0 aliphatic carbocycles. The zero-order chi connectivity index (χ0) is 16.0. The molecular formula is C18H30N2O. The number of nitrogens with zero attached hydrogens (tertiary/aromatic N) is 1. The van der Waals surface area contributed by atoms with Gasteiger partial charge in [-0.2, -0.15) is 0 Å². The largest absolute Gasteiger partial charge is 0.337 e. The zero-order valence-electron chi connectivity index (χ0n) is 14.3. The molecule has 1 aromatic rings. The number of nitrogens with one attached hydrogen (secondary N) is 1. The van der Waals surface area contributed by atoms with Gasteiger partial charge in [0.2, 0.25) is 5.91 Å². The van der Waals surface area contributed by atoms with Gasteiger partial charge in [0.1, 0.15) is 0 Å². The molecule has 0 spiro atoms. The van der Waals surface area contributed by atoms with E-state index in [9.17, 15) is 4.79 Å². The molecule has 1 rings (SSSR count). The zero-order valence-corrected chi connectivity index (χ0v) is 14.3. The second kappa shape index (κ2) is 8.18. The van der Waals surface area contributed by atoms with Gasteiger partial charge in [-0.1, -0.05) is 31.2 Å². The van der Waals surface area contributed by atoms with Gasteiger partial charge in [0, 0.05) is 18.1 Å². The fraction of sp³-hybridized carbons (Fsp3) is 0.611. The van der Waals surface area contributed by atoms with Gasteiger partial charge >= 0.3 is 0 Å². The van der Waals surface area contributed by atoms with Crippen molar-refractivity contribution in [2.24, 2.45) is 0 Å². The first kappa shape index (κ1) is 17.7. The molecule has 1 atom stereocenters. The Morgan fingerprint density at radius 2 is 1.57 bits per heavy atom. The summed E-state index contributed by atoms with van der Waals surface area (Å²) in [5.41, 5.74) is 2.56. The Balaban J connectivity index is 2.58. The number of benzene rings is 1. The first-order chi connectivity index (χ1) is 9.86. The van der Waals surface area contributed by atoms with Crippen molar-refractivity contribution in [3.8, 4) is 0 Å². The van der Waals surface area contributed by atoms with E-state index in [0.717, 1.165) is 6.42 Å². The van der Waals surface area contributed by atoms with E-state index in [0.29, 0.717) is 6.54 Å². The van der Waals surface area contributed by atoms with Gasteiger partial charge in [-0.25, -0.2) is 0 Å². The normalized spacial score (nSPS) is 12.8. The first-order valence-corrected chi connectivity index (χ1v) is 8.00. The van der Waals surface area contributed by atoms with E-state index in [1.807, 2.05) is 4.90 Å². The topological polar surface area (TPSA) is 32.3 Å². The van der Waals surface area contributed by atoms with E-state index in [1.165, 1.54) is 11.1 Å².